The van der Waals surface area contributed by atoms with E-state index in [1.165, 1.54) is 12.3 Å². The number of hydrogen-bond donors (Lipinski definition) is 2. The summed E-state index contributed by atoms with van der Waals surface area (Å²) >= 11 is 0. The summed E-state index contributed by atoms with van der Waals surface area (Å²) in [5.41, 5.74) is 5.63. The second-order valence-electron chi connectivity index (χ2n) is 4.84. The standard InChI is InChI=1S/C12H18F2N4O.ClH/c13-10(14)7-18-5-4-11(17-18)16-12(19)9-3-1-2-8(9)6-15;/h4-5,8-10H,1-3,6-7,15H2,(H,16,17,19);1H/t8-,9-;/m1./s1. The summed E-state index contributed by atoms with van der Waals surface area (Å²) in [7, 11) is 0. The van der Waals surface area contributed by atoms with E-state index in [0.717, 1.165) is 23.9 Å². The van der Waals surface area contributed by atoms with Gasteiger partial charge >= 0.3 is 0 Å². The van der Waals surface area contributed by atoms with Crippen LogP contribution in [0.2, 0.25) is 0 Å². The molecule has 5 nitrogen and oxygen atoms in total. The minimum atomic E-state index is -2.46. The van der Waals surface area contributed by atoms with Crippen molar-refractivity contribution in [2.75, 3.05) is 11.9 Å². The van der Waals surface area contributed by atoms with Gasteiger partial charge in [0.25, 0.3) is 6.43 Å². The molecule has 3 N–H and O–H groups in total. The maximum Gasteiger partial charge on any atom is 0.257 e. The van der Waals surface area contributed by atoms with Gasteiger partial charge < -0.3 is 11.1 Å². The van der Waals surface area contributed by atoms with Gasteiger partial charge in [0.05, 0.1) is 0 Å². The fourth-order valence-electron chi connectivity index (χ4n) is 2.55. The van der Waals surface area contributed by atoms with E-state index in [-0.39, 0.29) is 30.2 Å². The van der Waals surface area contributed by atoms with Crippen LogP contribution in [0.25, 0.3) is 0 Å². The second kappa shape index (κ2) is 7.54. The molecule has 0 radical (unpaired) electrons. The molecule has 20 heavy (non-hydrogen) atoms. The van der Waals surface area contributed by atoms with Crippen molar-refractivity contribution in [1.29, 1.82) is 0 Å². The SMILES string of the molecule is Cl.NC[C@H]1CCC[C@H]1C(=O)Nc1ccn(CC(F)F)n1. The van der Waals surface area contributed by atoms with Crippen LogP contribution < -0.4 is 11.1 Å². The Hall–Kier alpha value is -1.21. The Balaban J connectivity index is 0.00000200. The molecule has 1 aliphatic carbocycles. The Morgan fingerprint density at radius 1 is 1.55 bits per heavy atom. The first-order chi connectivity index (χ1) is 9.10. The first-order valence-electron chi connectivity index (χ1n) is 6.42. The highest BCUT2D eigenvalue weighted by Crippen LogP contribution is 2.31. The molecule has 0 spiro atoms. The third kappa shape index (κ3) is 4.14. The maximum atomic E-state index is 12.2. The lowest BCUT2D eigenvalue weighted by Crippen LogP contribution is -2.29. The molecule has 0 bridgehead atoms. The lowest BCUT2D eigenvalue weighted by molar-refractivity contribution is -0.120. The highest BCUT2D eigenvalue weighted by molar-refractivity contribution is 5.92. The number of anilines is 1. The van der Waals surface area contributed by atoms with Crippen molar-refractivity contribution < 1.29 is 13.6 Å². The quantitative estimate of drug-likeness (QED) is 0.872. The number of alkyl halides is 2. The molecule has 1 aromatic rings. The van der Waals surface area contributed by atoms with Gasteiger partial charge in [-0.2, -0.15) is 5.10 Å². The molecule has 1 aromatic heterocycles. The van der Waals surface area contributed by atoms with Gasteiger partial charge in [0.15, 0.2) is 5.82 Å². The maximum absolute atomic E-state index is 12.2. The number of hydrogen-bond acceptors (Lipinski definition) is 3. The number of amides is 1. The fraction of sp³-hybridized carbons (Fsp3) is 0.667. The van der Waals surface area contributed by atoms with Crippen molar-refractivity contribution in [2.45, 2.75) is 32.2 Å². The van der Waals surface area contributed by atoms with Gasteiger partial charge in [-0.15, -0.1) is 12.4 Å². The predicted molar refractivity (Wildman–Crippen MR) is 74.0 cm³/mol. The van der Waals surface area contributed by atoms with Gasteiger partial charge in [0, 0.05) is 18.2 Å². The zero-order chi connectivity index (χ0) is 13.8. The minimum absolute atomic E-state index is 0. The number of rotatable bonds is 5. The Morgan fingerprint density at radius 2 is 2.30 bits per heavy atom. The molecule has 0 aromatic carbocycles. The lowest BCUT2D eigenvalue weighted by atomic mass is 9.95. The number of nitrogens with zero attached hydrogens (tertiary/aromatic N) is 2. The zero-order valence-corrected chi connectivity index (χ0v) is 11.8. The molecule has 0 saturated heterocycles. The highest BCUT2D eigenvalue weighted by atomic mass is 35.5. The van der Waals surface area contributed by atoms with E-state index < -0.39 is 13.0 Å². The molecular weight excluding hydrogens is 290 g/mol. The molecule has 0 aliphatic heterocycles. The first kappa shape index (κ1) is 16.8. The van der Waals surface area contributed by atoms with Gasteiger partial charge in [-0.05, 0) is 25.3 Å². The van der Waals surface area contributed by atoms with E-state index >= 15 is 0 Å². The minimum Gasteiger partial charge on any atom is -0.330 e. The number of carbonyl (C=O) groups excluding carboxylic acids is 1. The molecule has 1 fully saturated rings. The summed E-state index contributed by atoms with van der Waals surface area (Å²) in [6.07, 6.45) is 1.76. The molecule has 1 saturated carbocycles. The van der Waals surface area contributed by atoms with Crippen molar-refractivity contribution in [3.8, 4) is 0 Å². The Morgan fingerprint density at radius 3 is 2.95 bits per heavy atom. The Bertz CT molecular complexity index is 441. The molecular formula is C12H19ClF2N4O. The van der Waals surface area contributed by atoms with Crippen LogP contribution >= 0.6 is 12.4 Å². The second-order valence-corrected chi connectivity index (χ2v) is 4.84. The van der Waals surface area contributed by atoms with Gasteiger partial charge in [-0.25, -0.2) is 8.78 Å². The van der Waals surface area contributed by atoms with Gasteiger partial charge in [-0.3, -0.25) is 9.48 Å². The van der Waals surface area contributed by atoms with E-state index in [4.69, 9.17) is 5.73 Å². The number of halogens is 3. The summed E-state index contributed by atoms with van der Waals surface area (Å²) in [5.74, 6) is 0.317. The average Bonchev–Trinajstić information content (AvgIpc) is 2.96. The van der Waals surface area contributed by atoms with Crippen molar-refractivity contribution >= 4 is 24.1 Å². The van der Waals surface area contributed by atoms with E-state index in [9.17, 15) is 13.6 Å². The molecule has 8 heteroatoms. The van der Waals surface area contributed by atoms with Crippen molar-refractivity contribution in [3.63, 3.8) is 0 Å². The Kier molecular flexibility index (Phi) is 6.35. The van der Waals surface area contributed by atoms with Crippen molar-refractivity contribution in [3.05, 3.63) is 12.3 Å². The van der Waals surface area contributed by atoms with Crippen molar-refractivity contribution in [1.82, 2.24) is 9.78 Å². The molecule has 1 heterocycles. The molecule has 114 valence electrons. The third-order valence-electron chi connectivity index (χ3n) is 3.52. The normalized spacial score (nSPS) is 21.8. The van der Waals surface area contributed by atoms with Crippen LogP contribution in [0.3, 0.4) is 0 Å². The molecule has 0 unspecified atom stereocenters. The monoisotopic (exact) mass is 308 g/mol. The summed E-state index contributed by atoms with van der Waals surface area (Å²) in [5, 5.41) is 6.56. The smallest absolute Gasteiger partial charge is 0.257 e. The van der Waals surface area contributed by atoms with Crippen LogP contribution in [0, 0.1) is 11.8 Å². The molecule has 2 atom stereocenters. The summed E-state index contributed by atoms with van der Waals surface area (Å²) < 4.78 is 25.5. The van der Waals surface area contributed by atoms with E-state index in [0.29, 0.717) is 12.4 Å². The van der Waals surface area contributed by atoms with Crippen LogP contribution in [0.4, 0.5) is 14.6 Å². The lowest BCUT2D eigenvalue weighted by Gasteiger charge is -2.16. The number of carbonyl (C=O) groups is 1. The van der Waals surface area contributed by atoms with Crippen molar-refractivity contribution in [2.24, 2.45) is 17.6 Å². The number of aromatic nitrogens is 2. The van der Waals surface area contributed by atoms with Crippen LogP contribution in [-0.4, -0.2) is 28.7 Å². The highest BCUT2D eigenvalue weighted by Gasteiger charge is 2.32. The molecule has 1 aliphatic rings. The van der Waals surface area contributed by atoms with Crippen LogP contribution in [0.5, 0.6) is 0 Å². The zero-order valence-electron chi connectivity index (χ0n) is 11.0. The predicted octanol–water partition coefficient (Wildman–Crippen LogP) is 1.88. The largest absolute Gasteiger partial charge is 0.330 e. The summed E-state index contributed by atoms with van der Waals surface area (Å²) in [6.45, 7) is 0.0304. The van der Waals surface area contributed by atoms with Crippen LogP contribution in [-0.2, 0) is 11.3 Å². The molecule has 2 rings (SSSR count). The summed E-state index contributed by atoms with van der Waals surface area (Å²) in [6, 6.07) is 1.52. The third-order valence-corrected chi connectivity index (χ3v) is 3.52. The van der Waals surface area contributed by atoms with E-state index in [1.807, 2.05) is 0 Å². The van der Waals surface area contributed by atoms with Gasteiger partial charge in [-0.1, -0.05) is 6.42 Å². The number of nitrogens with one attached hydrogen (secondary N) is 1. The Labute approximate surface area is 122 Å². The topological polar surface area (TPSA) is 72.9 Å². The van der Waals surface area contributed by atoms with E-state index in [2.05, 4.69) is 10.4 Å². The van der Waals surface area contributed by atoms with Gasteiger partial charge in [0.1, 0.15) is 6.54 Å². The molecule has 1 amide bonds. The first-order valence-corrected chi connectivity index (χ1v) is 6.42. The van der Waals surface area contributed by atoms with Crippen LogP contribution in [0.15, 0.2) is 12.3 Å². The van der Waals surface area contributed by atoms with E-state index in [1.54, 1.807) is 0 Å². The number of nitrogens with two attached hydrogens (primary N) is 1. The summed E-state index contributed by atoms with van der Waals surface area (Å²) in [4.78, 5) is 12.1. The van der Waals surface area contributed by atoms with Gasteiger partial charge in [0.2, 0.25) is 5.91 Å². The average molecular weight is 309 g/mol. The van der Waals surface area contributed by atoms with Crippen LogP contribution in [0.1, 0.15) is 19.3 Å². The fourth-order valence-corrected chi connectivity index (χ4v) is 2.55.